The molecular weight excluding hydrogens is 338 g/mol. The highest BCUT2D eigenvalue weighted by atomic mass is 79.9. The molecule has 0 bridgehead atoms. The van der Waals surface area contributed by atoms with Crippen LogP contribution in [0.15, 0.2) is 33.2 Å². The Hall–Kier alpha value is -1.37. The summed E-state index contributed by atoms with van der Waals surface area (Å²) in [5.41, 5.74) is 0.806. The maximum absolute atomic E-state index is 11.4. The van der Waals surface area contributed by atoms with E-state index in [4.69, 9.17) is 9.15 Å². The highest BCUT2D eigenvalue weighted by molar-refractivity contribution is 9.10. The van der Waals surface area contributed by atoms with Gasteiger partial charge in [-0.1, -0.05) is 15.9 Å². The number of carboxylic acids is 1. The second-order valence-corrected chi connectivity index (χ2v) is 6.09. The zero-order chi connectivity index (χ0) is 15.0. The fourth-order valence-electron chi connectivity index (χ4n) is 2.70. The first-order valence-corrected chi connectivity index (χ1v) is 7.61. The van der Waals surface area contributed by atoms with Crippen LogP contribution in [0.25, 0.3) is 11.0 Å². The number of rotatable bonds is 3. The van der Waals surface area contributed by atoms with Crippen LogP contribution in [-0.2, 0) is 9.53 Å². The normalized spacial score (nSPS) is 21.5. The Kier molecular flexibility index (Phi) is 4.01. The van der Waals surface area contributed by atoms with Crippen LogP contribution in [0.5, 0.6) is 0 Å². The first kappa shape index (κ1) is 14.6. The minimum absolute atomic E-state index is 0.110. The fourth-order valence-corrected chi connectivity index (χ4v) is 3.08. The molecule has 0 spiro atoms. The molecule has 1 N–H and O–H groups in total. The molecule has 2 heterocycles. The molecule has 5 nitrogen and oxygen atoms in total. The predicted molar refractivity (Wildman–Crippen MR) is 81.3 cm³/mol. The summed E-state index contributed by atoms with van der Waals surface area (Å²) >= 11 is 3.44. The third kappa shape index (κ3) is 2.84. The monoisotopic (exact) mass is 353 g/mol. The van der Waals surface area contributed by atoms with Crippen molar-refractivity contribution in [2.24, 2.45) is 0 Å². The lowest BCUT2D eigenvalue weighted by Gasteiger charge is -2.36. The molecule has 2 atom stereocenters. The van der Waals surface area contributed by atoms with Crippen LogP contribution in [0.2, 0.25) is 0 Å². The van der Waals surface area contributed by atoms with Crippen molar-refractivity contribution in [3.63, 3.8) is 0 Å². The number of furan rings is 1. The van der Waals surface area contributed by atoms with Crippen molar-refractivity contribution in [3.05, 3.63) is 34.5 Å². The molecule has 2 unspecified atom stereocenters. The average Bonchev–Trinajstić information content (AvgIpc) is 2.89. The van der Waals surface area contributed by atoms with Gasteiger partial charge in [0.15, 0.2) is 0 Å². The summed E-state index contributed by atoms with van der Waals surface area (Å²) in [5, 5.41) is 10.3. The topological polar surface area (TPSA) is 62.9 Å². The van der Waals surface area contributed by atoms with Crippen molar-refractivity contribution < 1.29 is 19.1 Å². The minimum atomic E-state index is -0.861. The van der Waals surface area contributed by atoms with Crippen LogP contribution in [0.1, 0.15) is 18.7 Å². The molecule has 1 aromatic carbocycles. The number of morpholine rings is 1. The number of carboxylic acid groups (broad SMARTS) is 1. The number of nitrogens with zero attached hydrogens (tertiary/aromatic N) is 1. The van der Waals surface area contributed by atoms with Crippen molar-refractivity contribution in [2.45, 2.75) is 19.0 Å². The summed E-state index contributed by atoms with van der Waals surface area (Å²) in [6.07, 6.45) is 0. The van der Waals surface area contributed by atoms with Crippen LogP contribution in [0, 0.1) is 0 Å². The molecule has 0 amide bonds. The minimum Gasteiger partial charge on any atom is -0.480 e. The first-order valence-electron chi connectivity index (χ1n) is 6.81. The van der Waals surface area contributed by atoms with Crippen LogP contribution in [-0.4, -0.2) is 41.8 Å². The first-order chi connectivity index (χ1) is 10.1. The van der Waals surface area contributed by atoms with E-state index in [1.54, 1.807) is 0 Å². The summed E-state index contributed by atoms with van der Waals surface area (Å²) in [6.45, 7) is 3.30. The fraction of sp³-hybridized carbons (Fsp3) is 0.400. The molecule has 6 heteroatoms. The second-order valence-electron chi connectivity index (χ2n) is 5.17. The van der Waals surface area contributed by atoms with E-state index in [1.807, 2.05) is 36.1 Å². The van der Waals surface area contributed by atoms with Gasteiger partial charge in [-0.25, -0.2) is 0 Å². The van der Waals surface area contributed by atoms with Gasteiger partial charge >= 0.3 is 5.97 Å². The molecule has 3 rings (SSSR count). The predicted octanol–water partition coefficient (Wildman–Crippen LogP) is 3.04. The molecule has 1 aliphatic rings. The van der Waals surface area contributed by atoms with Crippen molar-refractivity contribution in [1.82, 2.24) is 4.90 Å². The van der Waals surface area contributed by atoms with E-state index in [2.05, 4.69) is 15.9 Å². The Morgan fingerprint density at radius 3 is 3.05 bits per heavy atom. The molecule has 0 radical (unpaired) electrons. The molecular formula is C15H16BrNO4. The number of halogens is 1. The number of benzene rings is 1. The lowest BCUT2D eigenvalue weighted by Crippen LogP contribution is -2.50. The van der Waals surface area contributed by atoms with E-state index in [-0.39, 0.29) is 12.6 Å². The Bertz CT molecular complexity index is 669. The number of hydrogen-bond donors (Lipinski definition) is 1. The Morgan fingerprint density at radius 2 is 2.29 bits per heavy atom. The second kappa shape index (κ2) is 5.79. The van der Waals surface area contributed by atoms with E-state index in [0.717, 1.165) is 21.2 Å². The summed E-state index contributed by atoms with van der Waals surface area (Å²) in [4.78, 5) is 13.3. The number of fused-ring (bicyclic) bond motifs is 1. The van der Waals surface area contributed by atoms with Crippen LogP contribution in [0.3, 0.4) is 0 Å². The van der Waals surface area contributed by atoms with E-state index >= 15 is 0 Å². The quantitative estimate of drug-likeness (QED) is 0.918. The van der Waals surface area contributed by atoms with E-state index in [0.29, 0.717) is 13.2 Å². The summed E-state index contributed by atoms with van der Waals surface area (Å²) in [6, 6.07) is 7.05. The van der Waals surface area contributed by atoms with Gasteiger partial charge in [0.2, 0.25) is 0 Å². The molecule has 1 aliphatic heterocycles. The van der Waals surface area contributed by atoms with E-state index in [9.17, 15) is 9.90 Å². The Balaban J connectivity index is 1.91. The van der Waals surface area contributed by atoms with Gasteiger partial charge in [-0.3, -0.25) is 9.69 Å². The Labute approximate surface area is 130 Å². The van der Waals surface area contributed by atoms with Gasteiger partial charge < -0.3 is 14.3 Å². The standard InChI is InChI=1S/C15H16BrNO4/c1-9(17-4-5-20-8-12(17)15(18)19)14-7-10-6-11(16)2-3-13(10)21-14/h2-3,6-7,9,12H,4-5,8H2,1H3,(H,18,19). The lowest BCUT2D eigenvalue weighted by molar-refractivity contribution is -0.151. The van der Waals surface area contributed by atoms with Gasteiger partial charge in [0.25, 0.3) is 0 Å². The molecule has 112 valence electrons. The molecule has 0 saturated carbocycles. The summed E-state index contributed by atoms with van der Waals surface area (Å²) < 4.78 is 12.1. The Morgan fingerprint density at radius 1 is 1.48 bits per heavy atom. The maximum atomic E-state index is 11.4. The smallest absolute Gasteiger partial charge is 0.323 e. The zero-order valence-corrected chi connectivity index (χ0v) is 13.2. The SMILES string of the molecule is CC(c1cc2cc(Br)ccc2o1)N1CCOCC1C(=O)O. The van der Waals surface area contributed by atoms with Crippen molar-refractivity contribution >= 4 is 32.9 Å². The van der Waals surface area contributed by atoms with Crippen LogP contribution >= 0.6 is 15.9 Å². The van der Waals surface area contributed by atoms with E-state index < -0.39 is 12.0 Å². The zero-order valence-electron chi connectivity index (χ0n) is 11.6. The van der Waals surface area contributed by atoms with Gasteiger partial charge in [0.05, 0.1) is 19.3 Å². The summed E-state index contributed by atoms with van der Waals surface area (Å²) in [5.74, 6) is -0.0864. The molecule has 1 fully saturated rings. The number of ether oxygens (including phenoxy) is 1. The van der Waals surface area contributed by atoms with Gasteiger partial charge in [-0.15, -0.1) is 0 Å². The maximum Gasteiger partial charge on any atom is 0.323 e. The average molecular weight is 354 g/mol. The van der Waals surface area contributed by atoms with Gasteiger partial charge in [-0.2, -0.15) is 0 Å². The van der Waals surface area contributed by atoms with Gasteiger partial charge in [-0.05, 0) is 31.2 Å². The lowest BCUT2D eigenvalue weighted by atomic mass is 10.1. The molecule has 1 aromatic heterocycles. The van der Waals surface area contributed by atoms with Crippen molar-refractivity contribution in [2.75, 3.05) is 19.8 Å². The molecule has 21 heavy (non-hydrogen) atoms. The van der Waals surface area contributed by atoms with Crippen molar-refractivity contribution in [1.29, 1.82) is 0 Å². The van der Waals surface area contributed by atoms with Gasteiger partial charge in [0, 0.05) is 16.4 Å². The third-order valence-corrected chi connectivity index (χ3v) is 4.35. The molecule has 2 aromatic rings. The third-order valence-electron chi connectivity index (χ3n) is 3.86. The van der Waals surface area contributed by atoms with E-state index in [1.165, 1.54) is 0 Å². The highest BCUT2D eigenvalue weighted by Gasteiger charge is 2.34. The van der Waals surface area contributed by atoms with Crippen molar-refractivity contribution in [3.8, 4) is 0 Å². The van der Waals surface area contributed by atoms with Crippen LogP contribution in [0.4, 0.5) is 0 Å². The highest BCUT2D eigenvalue weighted by Crippen LogP contribution is 2.31. The molecule has 0 aliphatic carbocycles. The summed E-state index contributed by atoms with van der Waals surface area (Å²) in [7, 11) is 0. The van der Waals surface area contributed by atoms with Crippen LogP contribution < -0.4 is 0 Å². The number of carbonyl (C=O) groups is 1. The largest absolute Gasteiger partial charge is 0.480 e. The molecule has 1 saturated heterocycles. The van der Waals surface area contributed by atoms with Gasteiger partial charge in [0.1, 0.15) is 17.4 Å². The number of hydrogen-bond acceptors (Lipinski definition) is 4. The number of aliphatic carboxylic acids is 1.